The van der Waals surface area contributed by atoms with Crippen LogP contribution in [0.1, 0.15) is 32.6 Å². The Morgan fingerprint density at radius 1 is 1.58 bits per heavy atom. The summed E-state index contributed by atoms with van der Waals surface area (Å²) >= 11 is 0. The van der Waals surface area contributed by atoms with Crippen LogP contribution in [-0.2, 0) is 14.3 Å². The van der Waals surface area contributed by atoms with Gasteiger partial charge in [0.25, 0.3) is 0 Å². The number of epoxide rings is 1. The van der Waals surface area contributed by atoms with E-state index in [1.807, 2.05) is 0 Å². The van der Waals surface area contributed by atoms with Gasteiger partial charge < -0.3 is 9.47 Å². The normalized spacial score (nSPS) is 55.8. The van der Waals surface area contributed by atoms with Crippen molar-refractivity contribution < 1.29 is 14.3 Å². The SMILES string of the molecule is C[C@@]12CCC[C@H]3O[C@]31OC(=O)C2. The van der Waals surface area contributed by atoms with Crippen LogP contribution in [0, 0.1) is 5.41 Å². The molecule has 1 aliphatic carbocycles. The second kappa shape index (κ2) is 1.69. The minimum Gasteiger partial charge on any atom is -0.429 e. The van der Waals surface area contributed by atoms with Gasteiger partial charge in [-0.05, 0) is 19.3 Å². The molecule has 1 spiro atoms. The summed E-state index contributed by atoms with van der Waals surface area (Å²) in [7, 11) is 0. The summed E-state index contributed by atoms with van der Waals surface area (Å²) in [5.41, 5.74) is -0.0208. The van der Waals surface area contributed by atoms with E-state index in [0.29, 0.717) is 6.42 Å². The topological polar surface area (TPSA) is 38.8 Å². The Bertz CT molecular complexity index is 254. The van der Waals surface area contributed by atoms with Crippen molar-refractivity contribution in [1.82, 2.24) is 0 Å². The van der Waals surface area contributed by atoms with Crippen LogP contribution in [0.4, 0.5) is 0 Å². The Morgan fingerprint density at radius 3 is 3.17 bits per heavy atom. The van der Waals surface area contributed by atoms with Crippen molar-refractivity contribution in [3.8, 4) is 0 Å². The number of hydrogen-bond donors (Lipinski definition) is 0. The lowest BCUT2D eigenvalue weighted by Crippen LogP contribution is -2.36. The van der Waals surface area contributed by atoms with E-state index < -0.39 is 5.79 Å². The highest BCUT2D eigenvalue weighted by atomic mass is 16.8. The predicted molar refractivity (Wildman–Crippen MR) is 40.3 cm³/mol. The third kappa shape index (κ3) is 0.565. The van der Waals surface area contributed by atoms with Crippen molar-refractivity contribution >= 4 is 5.97 Å². The van der Waals surface area contributed by atoms with Crippen LogP contribution in [0.25, 0.3) is 0 Å². The lowest BCUT2D eigenvalue weighted by atomic mass is 9.73. The fourth-order valence-corrected chi connectivity index (χ4v) is 2.76. The molecule has 0 aromatic rings. The standard InChI is InChI=1S/C9H12O3/c1-8-4-2-3-6-9(8,11-6)12-7(10)5-8/h6H,2-5H2,1H3/t6-,8+,9+/m1/s1. The van der Waals surface area contributed by atoms with E-state index in [-0.39, 0.29) is 17.5 Å². The molecule has 0 N–H and O–H groups in total. The summed E-state index contributed by atoms with van der Waals surface area (Å²) in [6.07, 6.45) is 4.05. The minimum atomic E-state index is -0.484. The fourth-order valence-electron chi connectivity index (χ4n) is 2.76. The Labute approximate surface area is 71.0 Å². The molecule has 3 nitrogen and oxygen atoms in total. The first-order valence-electron chi connectivity index (χ1n) is 4.56. The maximum atomic E-state index is 11.1. The van der Waals surface area contributed by atoms with Crippen LogP contribution in [0.3, 0.4) is 0 Å². The number of hydrogen-bond acceptors (Lipinski definition) is 3. The van der Waals surface area contributed by atoms with E-state index >= 15 is 0 Å². The van der Waals surface area contributed by atoms with Gasteiger partial charge in [0.15, 0.2) is 0 Å². The van der Waals surface area contributed by atoms with Gasteiger partial charge in [-0.1, -0.05) is 6.92 Å². The Hall–Kier alpha value is -0.570. The van der Waals surface area contributed by atoms with Crippen molar-refractivity contribution in [2.75, 3.05) is 0 Å². The molecule has 0 amide bonds. The molecule has 12 heavy (non-hydrogen) atoms. The molecule has 66 valence electrons. The zero-order valence-corrected chi connectivity index (χ0v) is 7.13. The lowest BCUT2D eigenvalue weighted by Gasteiger charge is -2.29. The largest absolute Gasteiger partial charge is 0.429 e. The minimum absolute atomic E-state index is 0.0208. The summed E-state index contributed by atoms with van der Waals surface area (Å²) in [5.74, 6) is -0.565. The average Bonchev–Trinajstić information content (AvgIpc) is 2.57. The van der Waals surface area contributed by atoms with E-state index in [1.165, 1.54) is 6.42 Å². The van der Waals surface area contributed by atoms with Crippen LogP contribution in [0.5, 0.6) is 0 Å². The van der Waals surface area contributed by atoms with E-state index in [2.05, 4.69) is 6.92 Å². The highest BCUT2D eigenvalue weighted by molar-refractivity contribution is 5.74. The Kier molecular flexibility index (Phi) is 0.971. The monoisotopic (exact) mass is 168 g/mol. The van der Waals surface area contributed by atoms with Gasteiger partial charge in [-0.3, -0.25) is 4.79 Å². The zero-order chi connectivity index (χ0) is 8.40. The zero-order valence-electron chi connectivity index (χ0n) is 7.13. The van der Waals surface area contributed by atoms with E-state index in [9.17, 15) is 4.79 Å². The summed E-state index contributed by atoms with van der Waals surface area (Å²) in [6.45, 7) is 2.11. The van der Waals surface area contributed by atoms with Crippen LogP contribution in [0.2, 0.25) is 0 Å². The third-order valence-corrected chi connectivity index (χ3v) is 3.52. The number of ether oxygens (including phenoxy) is 2. The van der Waals surface area contributed by atoms with E-state index in [1.54, 1.807) is 0 Å². The third-order valence-electron chi connectivity index (χ3n) is 3.52. The molecule has 0 radical (unpaired) electrons. The fraction of sp³-hybridized carbons (Fsp3) is 0.889. The molecular weight excluding hydrogens is 156 g/mol. The van der Waals surface area contributed by atoms with Crippen LogP contribution in [0.15, 0.2) is 0 Å². The van der Waals surface area contributed by atoms with Crippen molar-refractivity contribution in [1.29, 1.82) is 0 Å². The van der Waals surface area contributed by atoms with Gasteiger partial charge in [-0.2, -0.15) is 0 Å². The van der Waals surface area contributed by atoms with E-state index in [0.717, 1.165) is 12.8 Å². The van der Waals surface area contributed by atoms with Crippen molar-refractivity contribution in [2.45, 2.75) is 44.5 Å². The van der Waals surface area contributed by atoms with E-state index in [4.69, 9.17) is 9.47 Å². The van der Waals surface area contributed by atoms with Gasteiger partial charge in [0.1, 0.15) is 6.10 Å². The average molecular weight is 168 g/mol. The summed E-state index contributed by atoms with van der Waals surface area (Å²) in [6, 6.07) is 0. The molecule has 0 bridgehead atoms. The van der Waals surface area contributed by atoms with Gasteiger partial charge >= 0.3 is 5.97 Å². The van der Waals surface area contributed by atoms with Crippen LogP contribution >= 0.6 is 0 Å². The highest BCUT2D eigenvalue weighted by Crippen LogP contribution is 2.63. The van der Waals surface area contributed by atoms with Crippen LogP contribution < -0.4 is 0 Å². The smallest absolute Gasteiger partial charge is 0.309 e. The van der Waals surface area contributed by atoms with Crippen molar-refractivity contribution in [2.24, 2.45) is 5.41 Å². The molecule has 0 unspecified atom stereocenters. The first-order valence-corrected chi connectivity index (χ1v) is 4.56. The maximum absolute atomic E-state index is 11.1. The molecule has 3 atom stereocenters. The number of rotatable bonds is 0. The molecule has 3 fully saturated rings. The van der Waals surface area contributed by atoms with Gasteiger partial charge in [0, 0.05) is 5.41 Å². The highest BCUT2D eigenvalue weighted by Gasteiger charge is 2.75. The summed E-state index contributed by atoms with van der Waals surface area (Å²) in [5, 5.41) is 0. The molecule has 1 saturated carbocycles. The van der Waals surface area contributed by atoms with Crippen LogP contribution in [-0.4, -0.2) is 17.9 Å². The number of carbonyl (C=O) groups excluding carboxylic acids is 1. The molecule has 3 aliphatic rings. The Morgan fingerprint density at radius 2 is 2.42 bits per heavy atom. The first kappa shape index (κ1) is 6.89. The molecule has 0 aromatic heterocycles. The molecule has 0 aromatic carbocycles. The lowest BCUT2D eigenvalue weighted by molar-refractivity contribution is -0.151. The quantitative estimate of drug-likeness (QED) is 0.403. The van der Waals surface area contributed by atoms with Crippen molar-refractivity contribution in [3.63, 3.8) is 0 Å². The second-order valence-corrected chi connectivity index (χ2v) is 4.38. The van der Waals surface area contributed by atoms with Gasteiger partial charge in [-0.15, -0.1) is 0 Å². The van der Waals surface area contributed by atoms with Gasteiger partial charge in [0.2, 0.25) is 5.79 Å². The molecule has 2 saturated heterocycles. The molecule has 2 aliphatic heterocycles. The van der Waals surface area contributed by atoms with Crippen molar-refractivity contribution in [3.05, 3.63) is 0 Å². The number of carbonyl (C=O) groups is 1. The number of esters is 1. The molecule has 3 rings (SSSR count). The second-order valence-electron chi connectivity index (χ2n) is 4.38. The maximum Gasteiger partial charge on any atom is 0.309 e. The Balaban J connectivity index is 2.02. The summed E-state index contributed by atoms with van der Waals surface area (Å²) in [4.78, 5) is 11.1. The first-order chi connectivity index (χ1) is 5.66. The van der Waals surface area contributed by atoms with Gasteiger partial charge in [-0.25, -0.2) is 0 Å². The van der Waals surface area contributed by atoms with Gasteiger partial charge in [0.05, 0.1) is 6.42 Å². The molecular formula is C9H12O3. The summed E-state index contributed by atoms with van der Waals surface area (Å²) < 4.78 is 10.8. The molecule has 3 heteroatoms. The predicted octanol–water partition coefficient (Wildman–Crippen LogP) is 1.22. The molecule has 2 heterocycles.